The SMILES string of the molecule is CCOC(=O)c1sc(C(C)NC(=NC)NCc2cc(-c3ccccc3)on2)nc1C. The number of aryl methyl sites for hydroxylation is 1. The summed E-state index contributed by atoms with van der Waals surface area (Å²) >= 11 is 1.33. The molecule has 2 N–H and O–H groups in total. The van der Waals surface area contributed by atoms with E-state index in [1.165, 1.54) is 11.3 Å². The lowest BCUT2D eigenvalue weighted by molar-refractivity contribution is 0.0531. The molecule has 3 aromatic rings. The van der Waals surface area contributed by atoms with E-state index >= 15 is 0 Å². The molecule has 8 nitrogen and oxygen atoms in total. The smallest absolute Gasteiger partial charge is 0.350 e. The number of esters is 1. The minimum atomic E-state index is -0.339. The fourth-order valence-electron chi connectivity index (χ4n) is 2.76. The lowest BCUT2D eigenvalue weighted by Gasteiger charge is -2.15. The molecule has 1 unspecified atom stereocenters. The van der Waals surface area contributed by atoms with Crippen molar-refractivity contribution in [2.24, 2.45) is 4.99 Å². The van der Waals surface area contributed by atoms with E-state index < -0.39 is 0 Å². The van der Waals surface area contributed by atoms with Crippen molar-refractivity contribution in [3.05, 3.63) is 57.7 Å². The lowest BCUT2D eigenvalue weighted by Crippen LogP contribution is -2.38. The Kier molecular flexibility index (Phi) is 7.18. The minimum absolute atomic E-state index is 0.139. The standard InChI is InChI=1S/C21H25N5O3S/c1-5-28-20(27)18-13(2)24-19(30-18)14(3)25-21(22-4)23-12-16-11-17(29-26-16)15-9-7-6-8-10-15/h6-11,14H,5,12H2,1-4H3,(H2,22,23,25). The van der Waals surface area contributed by atoms with Crippen LogP contribution < -0.4 is 10.6 Å². The van der Waals surface area contributed by atoms with Crippen molar-refractivity contribution in [3.63, 3.8) is 0 Å². The predicted octanol–water partition coefficient (Wildman–Crippen LogP) is 3.71. The molecular weight excluding hydrogens is 402 g/mol. The number of nitrogens with one attached hydrogen (secondary N) is 2. The first-order valence-corrected chi connectivity index (χ1v) is 10.5. The quantitative estimate of drug-likeness (QED) is 0.337. The van der Waals surface area contributed by atoms with Crippen molar-refractivity contribution < 1.29 is 14.1 Å². The summed E-state index contributed by atoms with van der Waals surface area (Å²) in [6.07, 6.45) is 0. The number of ether oxygens (including phenoxy) is 1. The first kappa shape index (κ1) is 21.5. The van der Waals surface area contributed by atoms with Gasteiger partial charge < -0.3 is 19.9 Å². The highest BCUT2D eigenvalue weighted by atomic mass is 32.1. The molecule has 0 aliphatic rings. The van der Waals surface area contributed by atoms with Crippen molar-refractivity contribution in [1.82, 2.24) is 20.8 Å². The van der Waals surface area contributed by atoms with E-state index in [4.69, 9.17) is 9.26 Å². The molecule has 0 spiro atoms. The topological polar surface area (TPSA) is 102 Å². The second kappa shape index (κ2) is 10.0. The molecular formula is C21H25N5O3S. The number of thiazole rings is 1. The van der Waals surface area contributed by atoms with Crippen LogP contribution in [0.15, 0.2) is 45.9 Å². The van der Waals surface area contributed by atoms with E-state index in [1.54, 1.807) is 20.9 Å². The van der Waals surface area contributed by atoms with Gasteiger partial charge in [-0.1, -0.05) is 35.5 Å². The minimum Gasteiger partial charge on any atom is -0.462 e. The first-order chi connectivity index (χ1) is 14.5. The highest BCUT2D eigenvalue weighted by Crippen LogP contribution is 2.24. The normalized spacial score (nSPS) is 12.5. The van der Waals surface area contributed by atoms with E-state index in [-0.39, 0.29) is 12.0 Å². The second-order valence-electron chi connectivity index (χ2n) is 6.53. The van der Waals surface area contributed by atoms with Gasteiger partial charge in [0, 0.05) is 18.7 Å². The number of guanidine groups is 1. The van der Waals surface area contributed by atoms with Gasteiger partial charge in [-0.05, 0) is 20.8 Å². The van der Waals surface area contributed by atoms with Crippen LogP contribution in [-0.4, -0.2) is 35.7 Å². The van der Waals surface area contributed by atoms with Gasteiger partial charge in [-0.15, -0.1) is 11.3 Å². The summed E-state index contributed by atoms with van der Waals surface area (Å²) in [5, 5.41) is 11.4. The Labute approximate surface area is 179 Å². The molecule has 3 rings (SSSR count). The van der Waals surface area contributed by atoms with Gasteiger partial charge in [0.25, 0.3) is 0 Å². The average molecular weight is 428 g/mol. The molecule has 0 bridgehead atoms. The van der Waals surface area contributed by atoms with Crippen LogP contribution in [0.25, 0.3) is 11.3 Å². The Hall–Kier alpha value is -3.20. The summed E-state index contributed by atoms with van der Waals surface area (Å²) in [6, 6.07) is 11.6. The summed E-state index contributed by atoms with van der Waals surface area (Å²) in [5.74, 6) is 0.972. The van der Waals surface area contributed by atoms with Gasteiger partial charge in [-0.25, -0.2) is 9.78 Å². The van der Waals surface area contributed by atoms with E-state index in [2.05, 4.69) is 25.8 Å². The van der Waals surface area contributed by atoms with Crippen molar-refractivity contribution in [3.8, 4) is 11.3 Å². The third-order valence-corrected chi connectivity index (χ3v) is 5.60. The Morgan fingerprint density at radius 3 is 2.80 bits per heavy atom. The molecule has 9 heteroatoms. The van der Waals surface area contributed by atoms with Crippen LogP contribution >= 0.6 is 11.3 Å². The average Bonchev–Trinajstić information content (AvgIpc) is 3.38. The zero-order valence-electron chi connectivity index (χ0n) is 17.4. The Balaban J connectivity index is 1.59. The predicted molar refractivity (Wildman–Crippen MR) is 116 cm³/mol. The van der Waals surface area contributed by atoms with Crippen LogP contribution in [0.4, 0.5) is 0 Å². The monoisotopic (exact) mass is 427 g/mol. The molecule has 1 aromatic carbocycles. The summed E-state index contributed by atoms with van der Waals surface area (Å²) in [7, 11) is 1.69. The molecule has 0 amide bonds. The molecule has 0 fully saturated rings. The Morgan fingerprint density at radius 1 is 1.33 bits per heavy atom. The van der Waals surface area contributed by atoms with Crippen molar-refractivity contribution >= 4 is 23.3 Å². The van der Waals surface area contributed by atoms with Gasteiger partial charge in [0.1, 0.15) is 15.6 Å². The van der Waals surface area contributed by atoms with E-state index in [1.807, 2.05) is 43.3 Å². The molecule has 0 saturated heterocycles. The molecule has 0 saturated carbocycles. The number of aromatic nitrogens is 2. The number of hydrogen-bond donors (Lipinski definition) is 2. The lowest BCUT2D eigenvalue weighted by atomic mass is 10.2. The molecule has 0 radical (unpaired) electrons. The second-order valence-corrected chi connectivity index (χ2v) is 7.56. The Morgan fingerprint density at radius 2 is 2.10 bits per heavy atom. The van der Waals surface area contributed by atoms with Gasteiger partial charge in [0.15, 0.2) is 11.7 Å². The summed E-state index contributed by atoms with van der Waals surface area (Å²) < 4.78 is 10.5. The van der Waals surface area contributed by atoms with Gasteiger partial charge in [0.2, 0.25) is 0 Å². The fourth-order valence-corrected chi connectivity index (χ4v) is 3.72. The number of carbonyl (C=O) groups excluding carboxylic acids is 1. The maximum Gasteiger partial charge on any atom is 0.350 e. The van der Waals surface area contributed by atoms with E-state index in [0.29, 0.717) is 35.4 Å². The zero-order chi connectivity index (χ0) is 21.5. The fraction of sp³-hybridized carbons (Fsp3) is 0.333. The third-order valence-electron chi connectivity index (χ3n) is 4.28. The van der Waals surface area contributed by atoms with Crippen molar-refractivity contribution in [2.75, 3.05) is 13.7 Å². The molecule has 2 heterocycles. The van der Waals surface area contributed by atoms with Crippen LogP contribution in [0.5, 0.6) is 0 Å². The van der Waals surface area contributed by atoms with Crippen LogP contribution in [0.1, 0.15) is 46.0 Å². The maximum absolute atomic E-state index is 12.0. The van der Waals surface area contributed by atoms with Gasteiger partial charge in [-0.2, -0.15) is 0 Å². The number of hydrogen-bond acceptors (Lipinski definition) is 7. The highest BCUT2D eigenvalue weighted by Gasteiger charge is 2.20. The van der Waals surface area contributed by atoms with E-state index in [0.717, 1.165) is 16.3 Å². The van der Waals surface area contributed by atoms with Gasteiger partial charge in [-0.3, -0.25) is 4.99 Å². The van der Waals surface area contributed by atoms with E-state index in [9.17, 15) is 4.79 Å². The molecule has 0 aliphatic heterocycles. The summed E-state index contributed by atoms with van der Waals surface area (Å²) in [6.45, 7) is 6.34. The van der Waals surface area contributed by atoms with Crippen LogP contribution in [0.2, 0.25) is 0 Å². The summed E-state index contributed by atoms with van der Waals surface area (Å²) in [5.41, 5.74) is 2.41. The number of carbonyl (C=O) groups is 1. The summed E-state index contributed by atoms with van der Waals surface area (Å²) in [4.78, 5) is 21.3. The Bertz CT molecular complexity index is 1010. The van der Waals surface area contributed by atoms with Gasteiger partial charge in [0.05, 0.1) is 24.9 Å². The molecule has 158 valence electrons. The third kappa shape index (κ3) is 5.24. The van der Waals surface area contributed by atoms with Crippen LogP contribution in [0, 0.1) is 6.92 Å². The number of rotatable bonds is 7. The molecule has 0 aliphatic carbocycles. The highest BCUT2D eigenvalue weighted by molar-refractivity contribution is 7.13. The van der Waals surface area contributed by atoms with Crippen LogP contribution in [0.3, 0.4) is 0 Å². The van der Waals surface area contributed by atoms with Crippen molar-refractivity contribution in [2.45, 2.75) is 33.4 Å². The number of nitrogens with zero attached hydrogens (tertiary/aromatic N) is 3. The number of aliphatic imine (C=N–C) groups is 1. The van der Waals surface area contributed by atoms with Gasteiger partial charge >= 0.3 is 5.97 Å². The zero-order valence-corrected chi connectivity index (χ0v) is 18.2. The first-order valence-electron chi connectivity index (χ1n) is 9.64. The molecule has 30 heavy (non-hydrogen) atoms. The molecule has 1 atom stereocenters. The maximum atomic E-state index is 12.0. The number of benzene rings is 1. The van der Waals surface area contributed by atoms with Crippen molar-refractivity contribution in [1.29, 1.82) is 0 Å². The van der Waals surface area contributed by atoms with Crippen LogP contribution in [-0.2, 0) is 11.3 Å². The molecule has 2 aromatic heterocycles. The largest absolute Gasteiger partial charge is 0.462 e.